The molecule has 0 spiro atoms. The molecular formula is C23H31IN6O. The number of rotatable bonds is 9. The number of aryl methyl sites for hydroxylation is 1. The van der Waals surface area contributed by atoms with Gasteiger partial charge in [-0.15, -0.1) is 34.2 Å². The fraction of sp³-hybridized carbons (Fsp3) is 0.348. The molecule has 1 atom stereocenters. The molecule has 0 amide bonds. The van der Waals surface area contributed by atoms with Gasteiger partial charge < -0.3 is 19.9 Å². The largest absolute Gasteiger partial charge is 0.497 e. The molecule has 0 aliphatic carbocycles. The average Bonchev–Trinajstić information content (AvgIpc) is 3.25. The molecule has 0 aliphatic rings. The molecule has 7 nitrogen and oxygen atoms in total. The van der Waals surface area contributed by atoms with E-state index >= 15 is 0 Å². The number of aromatic nitrogens is 3. The normalized spacial score (nSPS) is 12.0. The smallest absolute Gasteiger partial charge is 0.192 e. The van der Waals surface area contributed by atoms with E-state index in [9.17, 15) is 0 Å². The minimum Gasteiger partial charge on any atom is -0.497 e. The maximum Gasteiger partial charge on any atom is 0.192 e. The van der Waals surface area contributed by atoms with E-state index in [1.807, 2.05) is 36.4 Å². The molecule has 1 unspecified atom stereocenters. The number of guanidine groups is 1. The highest BCUT2D eigenvalue weighted by molar-refractivity contribution is 14.0. The average molecular weight is 534 g/mol. The Morgan fingerprint density at radius 2 is 1.97 bits per heavy atom. The summed E-state index contributed by atoms with van der Waals surface area (Å²) < 4.78 is 7.38. The van der Waals surface area contributed by atoms with Gasteiger partial charge in [0.15, 0.2) is 5.96 Å². The van der Waals surface area contributed by atoms with Gasteiger partial charge in [-0.05, 0) is 30.2 Å². The van der Waals surface area contributed by atoms with E-state index in [2.05, 4.69) is 57.4 Å². The van der Waals surface area contributed by atoms with Crippen molar-refractivity contribution in [3.05, 3.63) is 77.9 Å². The van der Waals surface area contributed by atoms with E-state index < -0.39 is 0 Å². The molecule has 31 heavy (non-hydrogen) atoms. The van der Waals surface area contributed by atoms with Crippen LogP contribution in [0.15, 0.2) is 65.9 Å². The molecule has 1 heterocycles. The summed E-state index contributed by atoms with van der Waals surface area (Å²) in [6.45, 7) is 6.26. The van der Waals surface area contributed by atoms with E-state index in [1.54, 1.807) is 13.4 Å². The standard InChI is InChI=1S/C23H30N6O.HI/c1-4-22-28-26-17-29(22)14-13-24-23(27-18(2)20-10-6-5-7-11-20)25-16-19-9-8-12-21(15-19)30-3;/h5-12,15,17-18H,4,13-14,16H2,1-3H3,(H2,24,25,27);1H. The first-order chi connectivity index (χ1) is 14.7. The molecule has 0 saturated carbocycles. The van der Waals surface area contributed by atoms with Crippen molar-refractivity contribution in [3.8, 4) is 5.75 Å². The minimum absolute atomic E-state index is 0. The van der Waals surface area contributed by atoms with Crippen LogP contribution in [0.4, 0.5) is 0 Å². The zero-order valence-electron chi connectivity index (χ0n) is 18.3. The van der Waals surface area contributed by atoms with E-state index in [0.717, 1.165) is 42.6 Å². The van der Waals surface area contributed by atoms with Gasteiger partial charge in [0.1, 0.15) is 17.9 Å². The van der Waals surface area contributed by atoms with E-state index in [-0.39, 0.29) is 30.0 Å². The van der Waals surface area contributed by atoms with Gasteiger partial charge in [-0.1, -0.05) is 49.4 Å². The lowest BCUT2D eigenvalue weighted by atomic mass is 10.1. The van der Waals surface area contributed by atoms with E-state index in [4.69, 9.17) is 9.73 Å². The summed E-state index contributed by atoms with van der Waals surface area (Å²) in [5.41, 5.74) is 2.30. The van der Waals surface area contributed by atoms with Gasteiger partial charge in [-0.2, -0.15) is 0 Å². The number of halogens is 1. The van der Waals surface area contributed by atoms with Gasteiger partial charge in [0.2, 0.25) is 0 Å². The molecule has 1 aromatic heterocycles. The Morgan fingerprint density at radius 3 is 2.71 bits per heavy atom. The van der Waals surface area contributed by atoms with Crippen molar-refractivity contribution in [1.82, 2.24) is 25.4 Å². The minimum atomic E-state index is 0. The molecule has 2 N–H and O–H groups in total. The van der Waals surface area contributed by atoms with E-state index in [1.165, 1.54) is 5.56 Å². The highest BCUT2D eigenvalue weighted by Gasteiger charge is 2.08. The quantitative estimate of drug-likeness (QED) is 0.247. The van der Waals surface area contributed by atoms with Crippen LogP contribution in [0.2, 0.25) is 0 Å². The first-order valence-electron chi connectivity index (χ1n) is 10.3. The van der Waals surface area contributed by atoms with Crippen molar-refractivity contribution in [2.24, 2.45) is 4.99 Å². The Morgan fingerprint density at radius 1 is 1.16 bits per heavy atom. The van der Waals surface area contributed by atoms with Crippen molar-refractivity contribution >= 4 is 29.9 Å². The van der Waals surface area contributed by atoms with Crippen LogP contribution in [0, 0.1) is 0 Å². The van der Waals surface area contributed by atoms with E-state index in [0.29, 0.717) is 6.54 Å². The summed E-state index contributed by atoms with van der Waals surface area (Å²) in [6, 6.07) is 18.5. The third-order valence-corrected chi connectivity index (χ3v) is 4.86. The van der Waals surface area contributed by atoms with Crippen molar-refractivity contribution in [3.63, 3.8) is 0 Å². The fourth-order valence-electron chi connectivity index (χ4n) is 3.16. The lowest BCUT2D eigenvalue weighted by Gasteiger charge is -2.19. The summed E-state index contributed by atoms with van der Waals surface area (Å²) >= 11 is 0. The van der Waals surface area contributed by atoms with Crippen molar-refractivity contribution in [2.45, 2.75) is 39.4 Å². The van der Waals surface area contributed by atoms with Gasteiger partial charge >= 0.3 is 0 Å². The Bertz CT molecular complexity index is 944. The Balaban J connectivity index is 0.00000341. The first-order valence-corrected chi connectivity index (χ1v) is 10.3. The molecule has 0 bridgehead atoms. The molecule has 3 rings (SSSR count). The van der Waals surface area contributed by atoms with Crippen LogP contribution in [0.3, 0.4) is 0 Å². The molecule has 3 aromatic rings. The first kappa shape index (κ1) is 24.6. The van der Waals surface area contributed by atoms with Crippen LogP contribution in [-0.2, 0) is 19.5 Å². The van der Waals surface area contributed by atoms with Crippen molar-refractivity contribution < 1.29 is 4.74 Å². The number of nitrogens with zero attached hydrogens (tertiary/aromatic N) is 4. The number of methoxy groups -OCH3 is 1. The number of hydrogen-bond donors (Lipinski definition) is 2. The Labute approximate surface area is 201 Å². The van der Waals surface area contributed by atoms with Crippen molar-refractivity contribution in [1.29, 1.82) is 0 Å². The van der Waals surface area contributed by atoms with Gasteiger partial charge in [-0.3, -0.25) is 0 Å². The summed E-state index contributed by atoms with van der Waals surface area (Å²) in [5.74, 6) is 2.58. The molecule has 0 fully saturated rings. The summed E-state index contributed by atoms with van der Waals surface area (Å²) in [5, 5.41) is 15.1. The summed E-state index contributed by atoms with van der Waals surface area (Å²) in [4.78, 5) is 4.79. The maximum absolute atomic E-state index is 5.32. The SMILES string of the molecule is CCc1nncn1CCNC(=NCc1cccc(OC)c1)NC(C)c1ccccc1.I. The number of nitrogens with one attached hydrogen (secondary N) is 2. The zero-order valence-corrected chi connectivity index (χ0v) is 20.6. The predicted octanol–water partition coefficient (Wildman–Crippen LogP) is 3.96. The van der Waals surface area contributed by atoms with Gasteiger partial charge in [-0.25, -0.2) is 4.99 Å². The predicted molar refractivity (Wildman–Crippen MR) is 135 cm³/mol. The number of benzene rings is 2. The zero-order chi connectivity index (χ0) is 21.2. The molecule has 0 aliphatic heterocycles. The monoisotopic (exact) mass is 534 g/mol. The summed E-state index contributed by atoms with van der Waals surface area (Å²) in [7, 11) is 1.67. The Kier molecular flexibility index (Phi) is 10.3. The molecule has 166 valence electrons. The number of hydrogen-bond acceptors (Lipinski definition) is 4. The number of aliphatic imine (C=N–C) groups is 1. The molecular weight excluding hydrogens is 503 g/mol. The van der Waals surface area contributed by atoms with Crippen LogP contribution in [0.5, 0.6) is 5.75 Å². The second-order valence-corrected chi connectivity index (χ2v) is 7.01. The van der Waals surface area contributed by atoms with Crippen molar-refractivity contribution in [2.75, 3.05) is 13.7 Å². The highest BCUT2D eigenvalue weighted by atomic mass is 127. The van der Waals surface area contributed by atoms with Crippen LogP contribution < -0.4 is 15.4 Å². The third-order valence-electron chi connectivity index (χ3n) is 4.86. The van der Waals surface area contributed by atoms with Gasteiger partial charge in [0.25, 0.3) is 0 Å². The van der Waals surface area contributed by atoms with Gasteiger partial charge in [0.05, 0.1) is 19.7 Å². The lowest BCUT2D eigenvalue weighted by molar-refractivity contribution is 0.414. The number of ether oxygens (including phenoxy) is 1. The maximum atomic E-state index is 5.32. The third kappa shape index (κ3) is 7.54. The topological polar surface area (TPSA) is 76.4 Å². The van der Waals surface area contributed by atoms with Crippen LogP contribution in [0.1, 0.15) is 36.8 Å². The highest BCUT2D eigenvalue weighted by Crippen LogP contribution is 2.14. The molecule has 2 aromatic carbocycles. The van der Waals surface area contributed by atoms with Crippen LogP contribution >= 0.6 is 24.0 Å². The summed E-state index contributed by atoms with van der Waals surface area (Å²) in [6.07, 6.45) is 2.63. The fourth-order valence-corrected chi connectivity index (χ4v) is 3.16. The molecule has 0 radical (unpaired) electrons. The van der Waals surface area contributed by atoms with Crippen LogP contribution in [0.25, 0.3) is 0 Å². The second-order valence-electron chi connectivity index (χ2n) is 7.01. The van der Waals surface area contributed by atoms with Crippen LogP contribution in [-0.4, -0.2) is 34.4 Å². The second kappa shape index (κ2) is 12.9. The van der Waals surface area contributed by atoms with Gasteiger partial charge in [0, 0.05) is 19.5 Å². The lowest BCUT2D eigenvalue weighted by Crippen LogP contribution is -2.40. The molecule has 0 saturated heterocycles. The Hall–Kier alpha value is -2.62. The molecule has 8 heteroatoms.